The smallest absolute Gasteiger partial charge is 0.355 e. The second kappa shape index (κ2) is 15.9. The molecule has 0 saturated heterocycles. The number of pyridine rings is 2. The van der Waals surface area contributed by atoms with Crippen LogP contribution in [0.4, 0.5) is 5.69 Å². The van der Waals surface area contributed by atoms with E-state index in [2.05, 4.69) is 4.98 Å². The highest BCUT2D eigenvalue weighted by atomic mass is 35.5. The Morgan fingerprint density at radius 3 is 1.98 bits per heavy atom. The fourth-order valence-corrected chi connectivity index (χ4v) is 5.17. The molecule has 13 heteroatoms. The van der Waals surface area contributed by atoms with Gasteiger partial charge in [0.25, 0.3) is 5.56 Å². The predicted octanol–water partition coefficient (Wildman–Crippen LogP) is 5.92. The Kier molecular flexibility index (Phi) is 12.3. The lowest BCUT2D eigenvalue weighted by atomic mass is 9.95. The number of hydrogen-bond donors (Lipinski definition) is 1. The van der Waals surface area contributed by atoms with Crippen molar-refractivity contribution in [2.45, 2.75) is 6.42 Å². The summed E-state index contributed by atoms with van der Waals surface area (Å²) in [6.45, 7) is 0.283. The first-order chi connectivity index (χ1) is 21.8. The van der Waals surface area contributed by atoms with Crippen molar-refractivity contribution in [2.75, 3.05) is 47.9 Å². The summed E-state index contributed by atoms with van der Waals surface area (Å²) < 4.78 is 35.2. The van der Waals surface area contributed by atoms with Gasteiger partial charge in [-0.3, -0.25) is 14.3 Å². The second-order valence-electron chi connectivity index (χ2n) is 9.83. The van der Waals surface area contributed by atoms with Crippen molar-refractivity contribution in [3.63, 3.8) is 0 Å². The molecule has 0 amide bonds. The van der Waals surface area contributed by atoms with E-state index in [1.807, 2.05) is 18.2 Å². The molecular weight excluding hydrogens is 649 g/mol. The van der Waals surface area contributed by atoms with Gasteiger partial charge in [-0.05, 0) is 66.2 Å². The zero-order valence-electron chi connectivity index (χ0n) is 26.4. The number of ether oxygens (including phenoxy) is 6. The van der Waals surface area contributed by atoms with Crippen molar-refractivity contribution in [1.29, 1.82) is 0 Å². The zero-order valence-corrected chi connectivity index (χ0v) is 28.0. The summed E-state index contributed by atoms with van der Waals surface area (Å²) in [4.78, 5) is 32.4. The quantitative estimate of drug-likeness (QED) is 0.132. The first kappa shape index (κ1) is 36.3. The number of halogens is 2. The van der Waals surface area contributed by atoms with Crippen molar-refractivity contribution < 1.29 is 33.2 Å². The van der Waals surface area contributed by atoms with Gasteiger partial charge in [-0.15, -0.1) is 24.8 Å². The van der Waals surface area contributed by atoms with Crippen molar-refractivity contribution in [3.8, 4) is 45.6 Å². The first-order valence-electron chi connectivity index (χ1n) is 13.9. The number of nitrogen functional groups attached to an aromatic ring is 1. The number of anilines is 1. The van der Waals surface area contributed by atoms with Crippen LogP contribution in [0.5, 0.6) is 28.7 Å². The third kappa shape index (κ3) is 7.16. The van der Waals surface area contributed by atoms with Gasteiger partial charge in [-0.2, -0.15) is 0 Å². The molecule has 47 heavy (non-hydrogen) atoms. The number of benzene rings is 3. The molecule has 5 rings (SSSR count). The highest BCUT2D eigenvalue weighted by molar-refractivity contribution is 6.08. The van der Waals surface area contributed by atoms with E-state index in [1.165, 1.54) is 40.1 Å². The summed E-state index contributed by atoms with van der Waals surface area (Å²) in [7, 11) is 7.24. The number of aromatic nitrogens is 2. The molecule has 0 aliphatic heterocycles. The molecular formula is C34H35Cl2N3O8. The Hall–Kier alpha value is -5.13. The molecule has 3 aromatic carbocycles. The minimum Gasteiger partial charge on any atom is -0.493 e. The number of hydrogen-bond acceptors (Lipinski definition) is 10. The number of methoxy groups -OCH3 is 5. The number of fused-ring (bicyclic) bond motifs is 1. The van der Waals surface area contributed by atoms with E-state index in [-0.39, 0.29) is 42.5 Å². The molecule has 0 saturated carbocycles. The Balaban J connectivity index is 0.00000300. The van der Waals surface area contributed by atoms with Crippen LogP contribution >= 0.6 is 24.8 Å². The van der Waals surface area contributed by atoms with E-state index in [9.17, 15) is 9.59 Å². The van der Waals surface area contributed by atoms with Crippen molar-refractivity contribution in [1.82, 2.24) is 9.55 Å². The summed E-state index contributed by atoms with van der Waals surface area (Å²) in [5.74, 6) is 1.02. The van der Waals surface area contributed by atoms with Crippen LogP contribution < -0.4 is 35.0 Å². The molecule has 0 spiro atoms. The van der Waals surface area contributed by atoms with Gasteiger partial charge in [0.05, 0.1) is 47.5 Å². The molecule has 5 aromatic rings. The van der Waals surface area contributed by atoms with Gasteiger partial charge in [-0.25, -0.2) is 4.79 Å². The lowest BCUT2D eigenvalue weighted by Crippen LogP contribution is -2.27. The normalized spacial score (nSPS) is 10.3. The summed E-state index contributed by atoms with van der Waals surface area (Å²) >= 11 is 0. The largest absolute Gasteiger partial charge is 0.493 e. The van der Waals surface area contributed by atoms with Crippen LogP contribution in [0, 0.1) is 0 Å². The first-order valence-corrected chi connectivity index (χ1v) is 13.9. The van der Waals surface area contributed by atoms with Crippen LogP contribution in [-0.4, -0.2) is 57.7 Å². The highest BCUT2D eigenvalue weighted by Crippen LogP contribution is 2.45. The highest BCUT2D eigenvalue weighted by Gasteiger charge is 2.28. The topological polar surface area (TPSA) is 133 Å². The number of carbonyl (C=O) groups is 1. The molecule has 0 unspecified atom stereocenters. The molecule has 11 nitrogen and oxygen atoms in total. The van der Waals surface area contributed by atoms with E-state index >= 15 is 0 Å². The van der Waals surface area contributed by atoms with Crippen LogP contribution in [0.15, 0.2) is 77.7 Å². The Bertz CT molecular complexity index is 1890. The maximum atomic E-state index is 14.4. The average molecular weight is 685 g/mol. The second-order valence-corrected chi connectivity index (χ2v) is 9.83. The van der Waals surface area contributed by atoms with Gasteiger partial charge in [0, 0.05) is 40.6 Å². The summed E-state index contributed by atoms with van der Waals surface area (Å²) in [6.07, 6.45) is 2.25. The maximum Gasteiger partial charge on any atom is 0.355 e. The fraction of sp³-hybridized carbons (Fsp3) is 0.206. The third-order valence-electron chi connectivity index (χ3n) is 7.29. The molecule has 2 heterocycles. The maximum absolute atomic E-state index is 14.4. The fourth-order valence-electron chi connectivity index (χ4n) is 5.17. The minimum absolute atomic E-state index is 0. The number of nitrogens with zero attached hydrogens (tertiary/aromatic N) is 2. The molecule has 0 aliphatic carbocycles. The van der Waals surface area contributed by atoms with Crippen molar-refractivity contribution in [2.24, 2.45) is 0 Å². The molecule has 0 aliphatic rings. The third-order valence-corrected chi connectivity index (χ3v) is 7.29. The van der Waals surface area contributed by atoms with E-state index in [1.54, 1.807) is 54.7 Å². The summed E-state index contributed by atoms with van der Waals surface area (Å²) in [6, 6.07) is 18.9. The molecule has 248 valence electrons. The van der Waals surface area contributed by atoms with E-state index in [4.69, 9.17) is 34.2 Å². The van der Waals surface area contributed by atoms with Crippen molar-refractivity contribution >= 4 is 47.2 Å². The number of carbonyl (C=O) groups excluding carboxylic acids is 1. The predicted molar refractivity (Wildman–Crippen MR) is 185 cm³/mol. The molecule has 0 bridgehead atoms. The van der Waals surface area contributed by atoms with Gasteiger partial charge in [0.1, 0.15) is 5.69 Å². The van der Waals surface area contributed by atoms with Crippen LogP contribution in [0.2, 0.25) is 0 Å². The SMILES string of the molecule is COC(=O)c1c(-c2cc(OC)c(OC)c(OC)c2)c2cc(OC)c(OCCc3ccccn3)cc2c(=O)n1-c1ccc(N)cc1.Cl.Cl. The standard InChI is InChI=1S/C34H33N3O8.2ClH/c1-40-26-18-24-25(19-27(26)45-15-13-22-8-6-7-14-36-22)33(38)37(23-11-9-21(35)10-12-23)31(34(39)44-5)30(24)20-16-28(41-2)32(43-4)29(17-20)42-3;;/h6-12,14,16-19H,13,15,35H2,1-5H3;2*1H. The molecule has 0 atom stereocenters. The van der Waals surface area contributed by atoms with Gasteiger partial charge in [-0.1, -0.05) is 6.07 Å². The lowest BCUT2D eigenvalue weighted by Gasteiger charge is -2.21. The Morgan fingerprint density at radius 1 is 0.787 bits per heavy atom. The Morgan fingerprint density at radius 2 is 1.43 bits per heavy atom. The molecule has 2 aromatic heterocycles. The minimum atomic E-state index is -0.746. The number of nitrogens with two attached hydrogens (primary N) is 1. The van der Waals surface area contributed by atoms with Crippen LogP contribution in [0.25, 0.3) is 27.6 Å². The van der Waals surface area contributed by atoms with Gasteiger partial charge >= 0.3 is 5.97 Å². The summed E-state index contributed by atoms with van der Waals surface area (Å²) in [5, 5.41) is 0.673. The number of rotatable bonds is 11. The molecule has 0 fully saturated rings. The Labute approximate surface area is 284 Å². The van der Waals surface area contributed by atoms with E-state index in [0.717, 1.165) is 5.69 Å². The average Bonchev–Trinajstić information content (AvgIpc) is 3.07. The van der Waals surface area contributed by atoms with E-state index in [0.29, 0.717) is 63.1 Å². The lowest BCUT2D eigenvalue weighted by molar-refractivity contribution is 0.0591. The monoisotopic (exact) mass is 683 g/mol. The van der Waals surface area contributed by atoms with E-state index < -0.39 is 11.5 Å². The number of esters is 1. The van der Waals surface area contributed by atoms with Crippen molar-refractivity contribution in [3.05, 3.63) is 94.7 Å². The van der Waals surface area contributed by atoms with Crippen LogP contribution in [-0.2, 0) is 11.2 Å². The van der Waals surface area contributed by atoms with Crippen LogP contribution in [0.1, 0.15) is 16.2 Å². The summed E-state index contributed by atoms with van der Waals surface area (Å²) in [5.41, 5.74) is 8.05. The molecule has 2 N–H and O–H groups in total. The zero-order chi connectivity index (χ0) is 32.1. The van der Waals surface area contributed by atoms with Crippen LogP contribution in [0.3, 0.4) is 0 Å². The molecule has 0 radical (unpaired) electrons. The van der Waals surface area contributed by atoms with Gasteiger partial charge < -0.3 is 34.2 Å². The van der Waals surface area contributed by atoms with Gasteiger partial charge in [0.15, 0.2) is 23.0 Å². The van der Waals surface area contributed by atoms with Gasteiger partial charge in [0.2, 0.25) is 5.75 Å².